The summed E-state index contributed by atoms with van der Waals surface area (Å²) in [7, 11) is 0. The van der Waals surface area contributed by atoms with Crippen LogP contribution in [0.4, 0.5) is 0 Å². The molecule has 2 heterocycles. The molecule has 2 rings (SSSR count). The number of fused-ring (bicyclic) bond motifs is 1. The van der Waals surface area contributed by atoms with Gasteiger partial charge in [-0.25, -0.2) is 0 Å². The van der Waals surface area contributed by atoms with E-state index in [4.69, 9.17) is 0 Å². The van der Waals surface area contributed by atoms with E-state index in [2.05, 4.69) is 4.90 Å². The number of carbonyl (C=O) groups is 1. The first-order chi connectivity index (χ1) is 3.88. The zero-order valence-electron chi connectivity index (χ0n) is 4.76. The molecule has 0 aromatic heterocycles. The third-order valence-electron chi connectivity index (χ3n) is 2.15. The molecule has 8 heavy (non-hydrogen) atoms. The molecule has 0 aliphatic carbocycles. The first-order valence-electron chi connectivity index (χ1n) is 3.15. The minimum Gasteiger partial charge on any atom is -0.298 e. The number of ketones is 1. The van der Waals surface area contributed by atoms with Crippen LogP contribution in [-0.2, 0) is 4.79 Å². The van der Waals surface area contributed by atoms with E-state index in [1.165, 1.54) is 0 Å². The van der Waals surface area contributed by atoms with Gasteiger partial charge in [0.15, 0.2) is 5.78 Å². The molecule has 1 unspecified atom stereocenters. The smallest absolute Gasteiger partial charge is 0.151 e. The highest BCUT2D eigenvalue weighted by atomic mass is 16.1. The Kier molecular flexibility index (Phi) is 0.742. The Bertz CT molecular complexity index is 132. The average Bonchev–Trinajstić information content (AvgIpc) is 1.80. The lowest BCUT2D eigenvalue weighted by atomic mass is 10.0. The summed E-state index contributed by atoms with van der Waals surface area (Å²) in [5.41, 5.74) is 0. The van der Waals surface area contributed by atoms with E-state index in [1.807, 2.05) is 0 Å². The van der Waals surface area contributed by atoms with Gasteiger partial charge < -0.3 is 0 Å². The van der Waals surface area contributed by atoms with Gasteiger partial charge in [0.25, 0.3) is 0 Å². The third kappa shape index (κ3) is 0.388. The lowest BCUT2D eigenvalue weighted by molar-refractivity contribution is -0.122. The van der Waals surface area contributed by atoms with Crippen molar-refractivity contribution >= 4 is 5.78 Å². The summed E-state index contributed by atoms with van der Waals surface area (Å²) in [6.07, 6.45) is 1.93. The Morgan fingerprint density at radius 2 is 2.38 bits per heavy atom. The van der Waals surface area contributed by atoms with Crippen molar-refractivity contribution in [3.8, 4) is 0 Å². The molecular weight excluding hydrogens is 102 g/mol. The number of Topliss-reactive ketones (excluding diaryl/α,β-unsaturated/α-hetero) is 1. The van der Waals surface area contributed by atoms with Crippen LogP contribution >= 0.6 is 0 Å². The molecule has 0 amide bonds. The van der Waals surface area contributed by atoms with Crippen LogP contribution in [0.1, 0.15) is 12.8 Å². The van der Waals surface area contributed by atoms with E-state index in [9.17, 15) is 4.79 Å². The number of nitrogens with zero attached hydrogens (tertiary/aromatic N) is 1. The topological polar surface area (TPSA) is 20.3 Å². The fraction of sp³-hybridized carbons (Fsp3) is 0.833. The van der Waals surface area contributed by atoms with Crippen molar-refractivity contribution in [3.63, 3.8) is 0 Å². The highest BCUT2D eigenvalue weighted by Crippen LogP contribution is 2.24. The Hall–Kier alpha value is -0.370. The van der Waals surface area contributed by atoms with E-state index in [-0.39, 0.29) is 0 Å². The van der Waals surface area contributed by atoms with Gasteiger partial charge in [0.2, 0.25) is 0 Å². The molecule has 2 aliphatic rings. The first-order valence-corrected chi connectivity index (χ1v) is 3.15. The van der Waals surface area contributed by atoms with Crippen molar-refractivity contribution < 1.29 is 4.79 Å². The van der Waals surface area contributed by atoms with Crippen molar-refractivity contribution in [2.75, 3.05) is 13.1 Å². The molecule has 2 saturated heterocycles. The minimum atomic E-state index is 0.356. The van der Waals surface area contributed by atoms with Crippen molar-refractivity contribution in [1.29, 1.82) is 0 Å². The van der Waals surface area contributed by atoms with Gasteiger partial charge in [0, 0.05) is 19.5 Å². The highest BCUT2D eigenvalue weighted by Gasteiger charge is 2.38. The summed E-state index contributed by atoms with van der Waals surface area (Å²) in [6.45, 7) is 2.19. The number of hydrogen-bond acceptors (Lipinski definition) is 2. The zero-order valence-corrected chi connectivity index (χ0v) is 4.76. The van der Waals surface area contributed by atoms with Crippen LogP contribution in [0.2, 0.25) is 0 Å². The average molecular weight is 111 g/mol. The second-order valence-corrected chi connectivity index (χ2v) is 2.56. The van der Waals surface area contributed by atoms with Gasteiger partial charge in [-0.1, -0.05) is 0 Å². The van der Waals surface area contributed by atoms with Gasteiger partial charge in [-0.2, -0.15) is 0 Å². The molecule has 0 spiro atoms. The molecular formula is C6H9NO. The highest BCUT2D eigenvalue weighted by molar-refractivity contribution is 5.87. The van der Waals surface area contributed by atoms with Crippen LogP contribution in [-0.4, -0.2) is 29.8 Å². The van der Waals surface area contributed by atoms with Crippen molar-refractivity contribution in [1.82, 2.24) is 4.90 Å². The summed E-state index contributed by atoms with van der Waals surface area (Å²) in [5.74, 6) is 0.469. The molecule has 0 aromatic carbocycles. The monoisotopic (exact) mass is 111 g/mol. The molecule has 0 saturated carbocycles. The number of hydrogen-bond donors (Lipinski definition) is 0. The zero-order chi connectivity index (χ0) is 5.56. The van der Waals surface area contributed by atoms with Gasteiger partial charge in [-0.05, 0) is 6.42 Å². The SMILES string of the molecule is O=C1CCN2CCC12. The van der Waals surface area contributed by atoms with Gasteiger partial charge in [-0.15, -0.1) is 0 Å². The van der Waals surface area contributed by atoms with Crippen LogP contribution in [0.15, 0.2) is 0 Å². The lowest BCUT2D eigenvalue weighted by Crippen LogP contribution is -2.45. The Morgan fingerprint density at radius 3 is 2.62 bits per heavy atom. The molecule has 0 N–H and O–H groups in total. The normalized spacial score (nSPS) is 37.0. The van der Waals surface area contributed by atoms with Gasteiger partial charge in [0.1, 0.15) is 0 Å². The molecule has 2 heteroatoms. The predicted octanol–water partition coefficient (Wildman–Crippen LogP) is 0.0335. The standard InChI is InChI=1S/C6H9NO/c8-6-2-4-7-3-1-5(6)7/h5H,1-4H2. The van der Waals surface area contributed by atoms with Crippen LogP contribution < -0.4 is 0 Å². The Labute approximate surface area is 48.5 Å². The van der Waals surface area contributed by atoms with Crippen molar-refractivity contribution in [3.05, 3.63) is 0 Å². The lowest BCUT2D eigenvalue weighted by Gasteiger charge is -2.32. The fourth-order valence-electron chi connectivity index (χ4n) is 1.49. The second kappa shape index (κ2) is 1.32. The maximum atomic E-state index is 10.8. The number of carbonyl (C=O) groups excluding carboxylic acids is 1. The summed E-state index contributed by atoms with van der Waals surface area (Å²) in [5, 5.41) is 0. The van der Waals surface area contributed by atoms with E-state index in [0.29, 0.717) is 11.8 Å². The molecule has 1 atom stereocenters. The van der Waals surface area contributed by atoms with E-state index < -0.39 is 0 Å². The first kappa shape index (κ1) is 4.50. The maximum absolute atomic E-state index is 10.8. The maximum Gasteiger partial charge on any atom is 0.151 e. The largest absolute Gasteiger partial charge is 0.298 e. The van der Waals surface area contributed by atoms with Gasteiger partial charge >= 0.3 is 0 Å². The predicted molar refractivity (Wildman–Crippen MR) is 29.6 cm³/mol. The quantitative estimate of drug-likeness (QED) is 0.439. The van der Waals surface area contributed by atoms with E-state index in [1.54, 1.807) is 0 Å². The Morgan fingerprint density at radius 1 is 1.50 bits per heavy atom. The van der Waals surface area contributed by atoms with Gasteiger partial charge in [0.05, 0.1) is 6.04 Å². The van der Waals surface area contributed by atoms with Crippen LogP contribution in [0, 0.1) is 0 Å². The second-order valence-electron chi connectivity index (χ2n) is 2.56. The van der Waals surface area contributed by atoms with Crippen molar-refractivity contribution in [2.45, 2.75) is 18.9 Å². The van der Waals surface area contributed by atoms with E-state index >= 15 is 0 Å². The summed E-state index contributed by atoms with van der Waals surface area (Å²) < 4.78 is 0. The summed E-state index contributed by atoms with van der Waals surface area (Å²) in [4.78, 5) is 13.0. The molecule has 0 radical (unpaired) electrons. The minimum absolute atomic E-state index is 0.356. The molecule has 0 bridgehead atoms. The van der Waals surface area contributed by atoms with Gasteiger partial charge in [-0.3, -0.25) is 9.69 Å². The van der Waals surface area contributed by atoms with Crippen LogP contribution in [0.5, 0.6) is 0 Å². The summed E-state index contributed by atoms with van der Waals surface area (Å²) >= 11 is 0. The third-order valence-corrected chi connectivity index (χ3v) is 2.15. The van der Waals surface area contributed by atoms with Crippen LogP contribution in [0.25, 0.3) is 0 Å². The van der Waals surface area contributed by atoms with E-state index in [0.717, 1.165) is 25.9 Å². The van der Waals surface area contributed by atoms with Crippen LogP contribution in [0.3, 0.4) is 0 Å². The van der Waals surface area contributed by atoms with Crippen molar-refractivity contribution in [2.24, 2.45) is 0 Å². The molecule has 44 valence electrons. The molecule has 2 aliphatic heterocycles. The number of rotatable bonds is 0. The molecule has 0 aromatic rings. The molecule has 2 nitrogen and oxygen atoms in total. The Balaban J connectivity index is 2.15. The summed E-state index contributed by atoms with van der Waals surface area (Å²) in [6, 6.07) is 0.356. The fourth-order valence-corrected chi connectivity index (χ4v) is 1.49. The molecule has 2 fully saturated rings.